The summed E-state index contributed by atoms with van der Waals surface area (Å²) in [6.07, 6.45) is 12.0. The van der Waals surface area contributed by atoms with Gasteiger partial charge in [0.15, 0.2) is 6.10 Å². The van der Waals surface area contributed by atoms with Gasteiger partial charge in [-0.15, -0.1) is 0 Å². The summed E-state index contributed by atoms with van der Waals surface area (Å²) in [5.41, 5.74) is 0. The fourth-order valence-corrected chi connectivity index (χ4v) is 3.49. The van der Waals surface area contributed by atoms with Gasteiger partial charge in [-0.3, -0.25) is 4.79 Å². The molecule has 0 heterocycles. The first-order valence-corrected chi connectivity index (χ1v) is 11.5. The third-order valence-electron chi connectivity index (χ3n) is 5.00. The van der Waals surface area contributed by atoms with E-state index < -0.39 is 12.1 Å². The minimum atomic E-state index is -1.20. The van der Waals surface area contributed by atoms with Crippen molar-refractivity contribution in [3.05, 3.63) is 0 Å². The van der Waals surface area contributed by atoms with Crippen molar-refractivity contribution >= 4 is 11.9 Å². The van der Waals surface area contributed by atoms with Crippen molar-refractivity contribution in [2.75, 3.05) is 27.7 Å². The van der Waals surface area contributed by atoms with Crippen LogP contribution in [-0.4, -0.2) is 61.4 Å². The SMILES string of the molecule is CCCCCCCCC(O)CCCCCCC(=O)OC(CC(=O)[O-])C[N+](C)(C)C. The fraction of sp³-hybridized carbons (Fsp3) is 0.913. The molecule has 0 rings (SSSR count). The molecule has 0 bridgehead atoms. The van der Waals surface area contributed by atoms with E-state index in [0.717, 1.165) is 44.9 Å². The van der Waals surface area contributed by atoms with E-state index in [1.165, 1.54) is 32.1 Å². The topological polar surface area (TPSA) is 86.7 Å². The van der Waals surface area contributed by atoms with Gasteiger partial charge in [0.05, 0.1) is 27.2 Å². The van der Waals surface area contributed by atoms with Crippen LogP contribution in [0.4, 0.5) is 0 Å². The predicted molar refractivity (Wildman–Crippen MR) is 114 cm³/mol. The number of quaternary nitrogens is 1. The van der Waals surface area contributed by atoms with Crippen LogP contribution in [0.25, 0.3) is 0 Å². The summed E-state index contributed by atoms with van der Waals surface area (Å²) in [4.78, 5) is 22.9. The Morgan fingerprint density at radius 3 is 1.93 bits per heavy atom. The van der Waals surface area contributed by atoms with Gasteiger partial charge in [-0.05, 0) is 19.3 Å². The molecule has 0 aliphatic rings. The van der Waals surface area contributed by atoms with E-state index in [-0.39, 0.29) is 18.5 Å². The highest BCUT2D eigenvalue weighted by molar-refractivity contribution is 5.70. The van der Waals surface area contributed by atoms with Gasteiger partial charge in [-0.2, -0.15) is 0 Å². The van der Waals surface area contributed by atoms with Gasteiger partial charge in [0.2, 0.25) is 0 Å². The summed E-state index contributed by atoms with van der Waals surface area (Å²) in [7, 11) is 5.78. The van der Waals surface area contributed by atoms with E-state index in [1.807, 2.05) is 21.1 Å². The molecule has 0 saturated heterocycles. The van der Waals surface area contributed by atoms with Crippen LogP contribution in [0, 0.1) is 0 Å². The minimum Gasteiger partial charge on any atom is -0.550 e. The van der Waals surface area contributed by atoms with Crippen LogP contribution >= 0.6 is 0 Å². The highest BCUT2D eigenvalue weighted by atomic mass is 16.5. The zero-order valence-electron chi connectivity index (χ0n) is 19.3. The molecule has 172 valence electrons. The number of aliphatic hydroxyl groups excluding tert-OH is 1. The van der Waals surface area contributed by atoms with Crippen LogP contribution in [0.1, 0.15) is 96.8 Å². The van der Waals surface area contributed by atoms with Crippen molar-refractivity contribution in [3.63, 3.8) is 0 Å². The Balaban J connectivity index is 3.77. The van der Waals surface area contributed by atoms with Gasteiger partial charge in [0, 0.05) is 18.8 Å². The summed E-state index contributed by atoms with van der Waals surface area (Å²) in [5, 5.41) is 20.9. The standard InChI is InChI=1S/C23H45NO5/c1-5-6-7-8-9-12-15-20(25)16-13-10-11-14-17-23(28)29-21(18-22(26)27)19-24(2,3)4/h20-21,25H,5-19H2,1-4H3. The molecule has 0 aliphatic heterocycles. The number of aliphatic hydroxyl groups is 1. The first-order valence-electron chi connectivity index (χ1n) is 11.5. The number of hydrogen-bond acceptors (Lipinski definition) is 5. The Labute approximate surface area is 178 Å². The lowest BCUT2D eigenvalue weighted by Crippen LogP contribution is -2.45. The molecule has 0 fully saturated rings. The number of carboxylic acid groups (broad SMARTS) is 1. The van der Waals surface area contributed by atoms with Gasteiger partial charge >= 0.3 is 5.97 Å². The van der Waals surface area contributed by atoms with E-state index in [1.54, 1.807) is 0 Å². The van der Waals surface area contributed by atoms with E-state index in [9.17, 15) is 19.8 Å². The second-order valence-corrected chi connectivity index (χ2v) is 9.32. The van der Waals surface area contributed by atoms with Crippen LogP contribution in [0.15, 0.2) is 0 Å². The van der Waals surface area contributed by atoms with Crippen LogP contribution in [0.2, 0.25) is 0 Å². The number of rotatable bonds is 19. The Kier molecular flexibility index (Phi) is 16.0. The monoisotopic (exact) mass is 415 g/mol. The smallest absolute Gasteiger partial charge is 0.306 e. The molecule has 0 saturated carbocycles. The zero-order valence-corrected chi connectivity index (χ0v) is 19.3. The van der Waals surface area contributed by atoms with Gasteiger partial charge in [0.25, 0.3) is 0 Å². The molecular formula is C23H45NO5. The molecule has 2 atom stereocenters. The number of likely N-dealkylation sites (N-methyl/N-ethyl adjacent to an activating group) is 1. The predicted octanol–water partition coefficient (Wildman–Crippen LogP) is 3.20. The molecular weight excluding hydrogens is 370 g/mol. The number of aliphatic carboxylic acids is 1. The Hall–Kier alpha value is -1.14. The molecule has 1 N–H and O–H groups in total. The van der Waals surface area contributed by atoms with Crippen molar-refractivity contribution in [3.8, 4) is 0 Å². The third kappa shape index (κ3) is 19.9. The highest BCUT2D eigenvalue weighted by Gasteiger charge is 2.22. The maximum Gasteiger partial charge on any atom is 0.306 e. The summed E-state index contributed by atoms with van der Waals surface area (Å²) in [5.74, 6) is -1.54. The van der Waals surface area contributed by atoms with Crippen molar-refractivity contribution in [2.45, 2.75) is 109 Å². The molecule has 2 unspecified atom stereocenters. The third-order valence-corrected chi connectivity index (χ3v) is 5.00. The van der Waals surface area contributed by atoms with Crippen molar-refractivity contribution < 1.29 is 29.0 Å². The first-order chi connectivity index (χ1) is 13.6. The number of carbonyl (C=O) groups is 2. The lowest BCUT2D eigenvalue weighted by molar-refractivity contribution is -0.873. The number of carboxylic acids is 1. The quantitative estimate of drug-likeness (QED) is 0.199. The van der Waals surface area contributed by atoms with Crippen LogP contribution in [0.5, 0.6) is 0 Å². The number of carbonyl (C=O) groups excluding carboxylic acids is 2. The number of hydrogen-bond donors (Lipinski definition) is 1. The Morgan fingerprint density at radius 2 is 1.41 bits per heavy atom. The van der Waals surface area contributed by atoms with Crippen molar-refractivity contribution in [1.82, 2.24) is 0 Å². The number of ether oxygens (including phenoxy) is 1. The molecule has 0 spiro atoms. The van der Waals surface area contributed by atoms with E-state index in [4.69, 9.17) is 4.74 Å². The largest absolute Gasteiger partial charge is 0.550 e. The summed E-state index contributed by atoms with van der Waals surface area (Å²) < 4.78 is 5.87. The maximum atomic E-state index is 12.0. The van der Waals surface area contributed by atoms with Gasteiger partial charge in [-0.25, -0.2) is 0 Å². The molecule has 0 aromatic rings. The lowest BCUT2D eigenvalue weighted by atomic mass is 10.0. The number of unbranched alkanes of at least 4 members (excludes halogenated alkanes) is 8. The molecule has 0 aromatic carbocycles. The second kappa shape index (κ2) is 16.6. The summed E-state index contributed by atoms with van der Waals surface area (Å²) in [6, 6.07) is 0. The minimum absolute atomic E-state index is 0.202. The fourth-order valence-electron chi connectivity index (χ4n) is 3.49. The average Bonchev–Trinajstić information content (AvgIpc) is 2.58. The first kappa shape index (κ1) is 27.9. The number of esters is 1. The van der Waals surface area contributed by atoms with Crippen molar-refractivity contribution in [2.24, 2.45) is 0 Å². The molecule has 29 heavy (non-hydrogen) atoms. The molecule has 0 aromatic heterocycles. The highest BCUT2D eigenvalue weighted by Crippen LogP contribution is 2.14. The summed E-state index contributed by atoms with van der Waals surface area (Å²) in [6.45, 7) is 2.66. The summed E-state index contributed by atoms with van der Waals surface area (Å²) >= 11 is 0. The lowest BCUT2D eigenvalue weighted by Gasteiger charge is -2.29. The van der Waals surface area contributed by atoms with E-state index >= 15 is 0 Å². The Morgan fingerprint density at radius 1 is 0.897 bits per heavy atom. The average molecular weight is 416 g/mol. The normalized spacial score (nSPS) is 13.8. The zero-order chi connectivity index (χ0) is 22.1. The Bertz CT molecular complexity index is 433. The van der Waals surface area contributed by atoms with Gasteiger partial charge in [0.1, 0.15) is 6.54 Å². The van der Waals surface area contributed by atoms with Gasteiger partial charge < -0.3 is 24.2 Å². The van der Waals surface area contributed by atoms with E-state index in [2.05, 4.69) is 6.92 Å². The van der Waals surface area contributed by atoms with Crippen LogP contribution in [0.3, 0.4) is 0 Å². The molecule has 6 heteroatoms. The molecule has 0 radical (unpaired) electrons. The molecule has 0 aliphatic carbocycles. The maximum absolute atomic E-state index is 12.0. The van der Waals surface area contributed by atoms with E-state index in [0.29, 0.717) is 17.4 Å². The molecule has 0 amide bonds. The number of nitrogens with zero attached hydrogens (tertiary/aromatic N) is 1. The van der Waals surface area contributed by atoms with Crippen LogP contribution < -0.4 is 5.11 Å². The van der Waals surface area contributed by atoms with Gasteiger partial charge in [-0.1, -0.05) is 64.7 Å². The van der Waals surface area contributed by atoms with Crippen LogP contribution in [-0.2, 0) is 14.3 Å². The second-order valence-electron chi connectivity index (χ2n) is 9.32. The van der Waals surface area contributed by atoms with Crippen molar-refractivity contribution in [1.29, 1.82) is 0 Å². The molecule has 6 nitrogen and oxygen atoms in total.